The second kappa shape index (κ2) is 9.41. The quantitative estimate of drug-likeness (QED) is 0.511. The summed E-state index contributed by atoms with van der Waals surface area (Å²) < 4.78 is 1.93. The van der Waals surface area contributed by atoms with E-state index in [1.807, 2.05) is 35.3 Å². The SMILES string of the molecule is Cl.O=C1NC2(CCCC2)C(=O)N1CCCNCc1cnn(Cc2ccccc2)c1. The Kier molecular flexibility index (Phi) is 6.92. The van der Waals surface area contributed by atoms with Crippen molar-refractivity contribution in [3.05, 3.63) is 53.9 Å². The van der Waals surface area contributed by atoms with Crippen molar-refractivity contribution in [2.75, 3.05) is 13.1 Å². The van der Waals surface area contributed by atoms with Gasteiger partial charge in [-0.15, -0.1) is 12.4 Å². The first-order valence-electron chi connectivity index (χ1n) is 10.1. The summed E-state index contributed by atoms with van der Waals surface area (Å²) in [5.74, 6) is -0.0304. The van der Waals surface area contributed by atoms with E-state index >= 15 is 0 Å². The Morgan fingerprint density at radius 3 is 2.62 bits per heavy atom. The summed E-state index contributed by atoms with van der Waals surface area (Å²) >= 11 is 0. The van der Waals surface area contributed by atoms with E-state index < -0.39 is 5.54 Å². The van der Waals surface area contributed by atoms with Gasteiger partial charge in [0.15, 0.2) is 0 Å². The number of amides is 3. The summed E-state index contributed by atoms with van der Waals surface area (Å²) in [6.07, 6.45) is 8.24. The van der Waals surface area contributed by atoms with E-state index in [9.17, 15) is 9.59 Å². The average Bonchev–Trinajstić information content (AvgIpc) is 3.40. The third-order valence-electron chi connectivity index (χ3n) is 5.64. The highest BCUT2D eigenvalue weighted by Crippen LogP contribution is 2.34. The molecule has 2 N–H and O–H groups in total. The number of nitrogens with zero attached hydrogens (tertiary/aromatic N) is 3. The van der Waals surface area contributed by atoms with Crippen LogP contribution < -0.4 is 10.6 Å². The van der Waals surface area contributed by atoms with Crippen molar-refractivity contribution >= 4 is 24.3 Å². The molecule has 1 aliphatic carbocycles. The number of hydrogen-bond donors (Lipinski definition) is 2. The van der Waals surface area contributed by atoms with Crippen molar-refractivity contribution in [2.45, 2.75) is 50.7 Å². The van der Waals surface area contributed by atoms with Crippen molar-refractivity contribution in [2.24, 2.45) is 0 Å². The molecule has 0 atom stereocenters. The van der Waals surface area contributed by atoms with Gasteiger partial charge in [-0.1, -0.05) is 43.2 Å². The van der Waals surface area contributed by atoms with Gasteiger partial charge < -0.3 is 10.6 Å². The monoisotopic (exact) mass is 417 g/mol. The van der Waals surface area contributed by atoms with Gasteiger partial charge in [-0.2, -0.15) is 5.10 Å². The Labute approximate surface area is 177 Å². The highest BCUT2D eigenvalue weighted by atomic mass is 35.5. The van der Waals surface area contributed by atoms with E-state index in [4.69, 9.17) is 0 Å². The maximum atomic E-state index is 12.6. The Balaban J connectivity index is 0.00000240. The number of benzene rings is 1. The molecular formula is C21H28ClN5O2. The lowest BCUT2D eigenvalue weighted by Gasteiger charge is -2.20. The molecule has 2 aliphatic rings. The highest BCUT2D eigenvalue weighted by molar-refractivity contribution is 6.07. The van der Waals surface area contributed by atoms with Crippen LogP contribution in [0.3, 0.4) is 0 Å². The van der Waals surface area contributed by atoms with Crippen molar-refractivity contribution < 1.29 is 9.59 Å². The zero-order valence-electron chi connectivity index (χ0n) is 16.5. The maximum Gasteiger partial charge on any atom is 0.325 e. The van der Waals surface area contributed by atoms with Gasteiger partial charge in [-0.05, 0) is 31.4 Å². The molecule has 1 saturated carbocycles. The number of nitrogens with one attached hydrogen (secondary N) is 2. The molecule has 0 unspecified atom stereocenters. The lowest BCUT2D eigenvalue weighted by Crippen LogP contribution is -2.44. The zero-order chi connectivity index (χ0) is 19.4. The average molecular weight is 418 g/mol. The number of aromatic nitrogens is 2. The normalized spacial score (nSPS) is 17.6. The minimum absolute atomic E-state index is 0. The first-order chi connectivity index (χ1) is 13.7. The topological polar surface area (TPSA) is 79.3 Å². The Morgan fingerprint density at radius 2 is 1.86 bits per heavy atom. The van der Waals surface area contributed by atoms with E-state index in [0.29, 0.717) is 6.54 Å². The maximum absolute atomic E-state index is 12.6. The van der Waals surface area contributed by atoms with Crippen molar-refractivity contribution in [1.29, 1.82) is 0 Å². The van der Waals surface area contributed by atoms with Crippen molar-refractivity contribution in [1.82, 2.24) is 25.3 Å². The van der Waals surface area contributed by atoms with E-state index in [-0.39, 0.29) is 24.3 Å². The van der Waals surface area contributed by atoms with Crippen LogP contribution in [0.4, 0.5) is 4.79 Å². The van der Waals surface area contributed by atoms with Crippen LogP contribution in [0.2, 0.25) is 0 Å². The smallest absolute Gasteiger partial charge is 0.323 e. The van der Waals surface area contributed by atoms with Crippen LogP contribution in [-0.2, 0) is 17.9 Å². The number of carbonyl (C=O) groups excluding carboxylic acids is 2. The predicted molar refractivity (Wildman–Crippen MR) is 113 cm³/mol. The Morgan fingerprint density at radius 1 is 1.10 bits per heavy atom. The van der Waals surface area contributed by atoms with Gasteiger partial charge in [0.25, 0.3) is 5.91 Å². The van der Waals surface area contributed by atoms with Gasteiger partial charge in [-0.3, -0.25) is 14.4 Å². The predicted octanol–water partition coefficient (Wildman–Crippen LogP) is 2.70. The molecule has 1 saturated heterocycles. The molecule has 156 valence electrons. The van der Waals surface area contributed by atoms with E-state index in [2.05, 4.69) is 27.9 Å². The van der Waals surface area contributed by atoms with Crippen molar-refractivity contribution in [3.63, 3.8) is 0 Å². The van der Waals surface area contributed by atoms with Gasteiger partial charge in [0.05, 0.1) is 12.7 Å². The standard InChI is InChI=1S/C21H27N5O2.ClH/c27-19-21(9-4-5-10-21)24-20(28)26(19)12-6-11-22-13-18-14-23-25(16-18)15-17-7-2-1-3-8-17;/h1-3,7-8,14,16,22H,4-6,9-13,15H2,(H,24,28);1H. The molecule has 1 aliphatic heterocycles. The van der Waals surface area contributed by atoms with E-state index in [1.165, 1.54) is 10.5 Å². The molecule has 0 radical (unpaired) electrons. The molecule has 1 aromatic heterocycles. The fraction of sp³-hybridized carbons (Fsp3) is 0.476. The third-order valence-corrected chi connectivity index (χ3v) is 5.64. The number of carbonyl (C=O) groups is 2. The molecule has 0 bridgehead atoms. The third kappa shape index (κ3) is 4.79. The van der Waals surface area contributed by atoms with Crippen LogP contribution in [0.15, 0.2) is 42.7 Å². The first-order valence-corrected chi connectivity index (χ1v) is 10.1. The first kappa shape index (κ1) is 21.3. The number of urea groups is 1. The van der Waals surface area contributed by atoms with Crippen LogP contribution in [0.25, 0.3) is 0 Å². The largest absolute Gasteiger partial charge is 0.325 e. The van der Waals surface area contributed by atoms with Crippen LogP contribution in [-0.4, -0.2) is 45.2 Å². The van der Waals surface area contributed by atoms with Gasteiger partial charge in [0.2, 0.25) is 0 Å². The summed E-state index contributed by atoms with van der Waals surface area (Å²) in [6, 6.07) is 10.0. The van der Waals surface area contributed by atoms with Gasteiger partial charge in [0.1, 0.15) is 5.54 Å². The summed E-state index contributed by atoms with van der Waals surface area (Å²) in [6.45, 7) is 2.69. The second-order valence-corrected chi connectivity index (χ2v) is 7.74. The summed E-state index contributed by atoms with van der Waals surface area (Å²) in [5, 5.41) is 10.7. The zero-order valence-corrected chi connectivity index (χ0v) is 17.3. The van der Waals surface area contributed by atoms with E-state index in [0.717, 1.165) is 57.3 Å². The van der Waals surface area contributed by atoms with Crippen LogP contribution in [0.1, 0.15) is 43.2 Å². The Bertz CT molecular complexity index is 833. The molecule has 2 fully saturated rings. The summed E-state index contributed by atoms with van der Waals surface area (Å²) in [7, 11) is 0. The molecule has 2 aromatic rings. The number of halogens is 1. The van der Waals surface area contributed by atoms with Crippen LogP contribution >= 0.6 is 12.4 Å². The fourth-order valence-corrected chi connectivity index (χ4v) is 4.15. The second-order valence-electron chi connectivity index (χ2n) is 7.74. The molecule has 1 spiro atoms. The number of hydrogen-bond acceptors (Lipinski definition) is 4. The fourth-order valence-electron chi connectivity index (χ4n) is 4.15. The summed E-state index contributed by atoms with van der Waals surface area (Å²) in [5.41, 5.74) is 1.74. The molecule has 4 rings (SSSR count). The number of imide groups is 1. The van der Waals surface area contributed by atoms with Gasteiger partial charge in [-0.25, -0.2) is 4.79 Å². The molecule has 1 aromatic carbocycles. The van der Waals surface area contributed by atoms with Gasteiger partial charge in [0, 0.05) is 24.8 Å². The summed E-state index contributed by atoms with van der Waals surface area (Å²) in [4.78, 5) is 26.1. The molecule has 8 heteroatoms. The number of rotatable bonds is 8. The molecular weight excluding hydrogens is 390 g/mol. The van der Waals surface area contributed by atoms with E-state index in [1.54, 1.807) is 0 Å². The minimum atomic E-state index is -0.599. The Hall–Kier alpha value is -2.38. The lowest BCUT2D eigenvalue weighted by atomic mass is 9.98. The van der Waals surface area contributed by atoms with Gasteiger partial charge >= 0.3 is 6.03 Å². The molecule has 2 heterocycles. The minimum Gasteiger partial charge on any atom is -0.323 e. The molecule has 7 nitrogen and oxygen atoms in total. The van der Waals surface area contributed by atoms with Crippen LogP contribution in [0.5, 0.6) is 0 Å². The molecule has 29 heavy (non-hydrogen) atoms. The molecule has 3 amide bonds. The lowest BCUT2D eigenvalue weighted by molar-refractivity contribution is -0.131. The van der Waals surface area contributed by atoms with Crippen molar-refractivity contribution in [3.8, 4) is 0 Å². The highest BCUT2D eigenvalue weighted by Gasteiger charge is 2.51. The van der Waals surface area contributed by atoms with Crippen LogP contribution in [0, 0.1) is 0 Å².